The molecule has 1 amide bonds. The minimum atomic E-state index is -1.35. The van der Waals surface area contributed by atoms with Crippen LogP contribution in [0.25, 0.3) is 10.6 Å². The zero-order valence-corrected chi connectivity index (χ0v) is 14.8. The van der Waals surface area contributed by atoms with Crippen molar-refractivity contribution in [2.45, 2.75) is 19.4 Å². The van der Waals surface area contributed by atoms with Crippen molar-refractivity contribution in [3.63, 3.8) is 0 Å². The summed E-state index contributed by atoms with van der Waals surface area (Å²) in [6.45, 7) is 3.05. The zero-order valence-electron chi connectivity index (χ0n) is 14.0. The number of nitrogens with zero attached hydrogens (tertiary/aromatic N) is 2. The van der Waals surface area contributed by atoms with Crippen LogP contribution >= 0.6 is 11.3 Å². The molecule has 1 aromatic carbocycles. The third kappa shape index (κ3) is 3.41. The van der Waals surface area contributed by atoms with Gasteiger partial charge >= 0.3 is 0 Å². The largest absolute Gasteiger partial charge is 0.324 e. The van der Waals surface area contributed by atoms with E-state index >= 15 is 0 Å². The quantitative estimate of drug-likeness (QED) is 0.757. The average molecular weight is 375 g/mol. The highest BCUT2D eigenvalue weighted by Crippen LogP contribution is 2.23. The van der Waals surface area contributed by atoms with Gasteiger partial charge in [0.2, 0.25) is 0 Å². The van der Waals surface area contributed by atoms with Crippen LogP contribution in [0.3, 0.4) is 0 Å². The van der Waals surface area contributed by atoms with Crippen LogP contribution in [-0.4, -0.2) is 15.7 Å². The van der Waals surface area contributed by atoms with E-state index in [0.29, 0.717) is 5.69 Å². The Morgan fingerprint density at radius 3 is 2.58 bits per heavy atom. The lowest BCUT2D eigenvalue weighted by Gasteiger charge is -2.25. The van der Waals surface area contributed by atoms with Gasteiger partial charge in [0.05, 0.1) is 4.88 Å². The summed E-state index contributed by atoms with van der Waals surface area (Å²) in [6, 6.07) is 9.68. The molecule has 0 unspecified atom stereocenters. The molecule has 0 spiro atoms. The Morgan fingerprint density at radius 1 is 1.15 bits per heavy atom. The van der Waals surface area contributed by atoms with Gasteiger partial charge in [0.25, 0.3) is 11.5 Å². The second kappa shape index (κ2) is 6.80. The second-order valence-electron chi connectivity index (χ2n) is 6.09. The van der Waals surface area contributed by atoms with Crippen molar-refractivity contribution in [3.05, 3.63) is 69.8 Å². The number of hydrogen-bond acceptors (Lipinski definition) is 4. The second-order valence-corrected chi connectivity index (χ2v) is 7.04. The number of carbonyl (C=O) groups is 1. The molecule has 0 saturated carbocycles. The van der Waals surface area contributed by atoms with Gasteiger partial charge in [-0.15, -0.1) is 11.3 Å². The molecule has 0 bridgehead atoms. The molecule has 3 rings (SSSR count). The lowest BCUT2D eigenvalue weighted by Crippen LogP contribution is -2.47. The number of hydrogen-bond donors (Lipinski definition) is 1. The van der Waals surface area contributed by atoms with E-state index in [0.717, 1.165) is 21.7 Å². The Balaban J connectivity index is 1.93. The van der Waals surface area contributed by atoms with Gasteiger partial charge in [0, 0.05) is 17.8 Å². The van der Waals surface area contributed by atoms with Gasteiger partial charge in [0.15, 0.2) is 11.6 Å². The van der Waals surface area contributed by atoms with E-state index in [2.05, 4.69) is 10.4 Å². The fourth-order valence-corrected chi connectivity index (χ4v) is 3.01. The summed E-state index contributed by atoms with van der Waals surface area (Å²) in [7, 11) is 0. The number of carbonyl (C=O) groups excluding carboxylic acids is 1. The molecule has 0 aliphatic rings. The molecule has 2 heterocycles. The average Bonchev–Trinajstić information content (AvgIpc) is 3.13. The van der Waals surface area contributed by atoms with E-state index in [1.54, 1.807) is 6.07 Å². The van der Waals surface area contributed by atoms with Crippen molar-refractivity contribution < 1.29 is 13.6 Å². The summed E-state index contributed by atoms with van der Waals surface area (Å²) in [6.07, 6.45) is 0. The van der Waals surface area contributed by atoms with Crippen LogP contribution in [-0.2, 0) is 10.3 Å². The van der Waals surface area contributed by atoms with E-state index in [9.17, 15) is 18.4 Å². The number of rotatable bonds is 4. The highest BCUT2D eigenvalue weighted by molar-refractivity contribution is 7.13. The van der Waals surface area contributed by atoms with Gasteiger partial charge in [-0.05, 0) is 43.5 Å². The van der Waals surface area contributed by atoms with Crippen LogP contribution in [0, 0.1) is 11.6 Å². The van der Waals surface area contributed by atoms with E-state index in [-0.39, 0.29) is 5.69 Å². The Hall–Kier alpha value is -2.87. The van der Waals surface area contributed by atoms with Crippen LogP contribution in [0.1, 0.15) is 13.8 Å². The van der Waals surface area contributed by atoms with Crippen molar-refractivity contribution in [2.24, 2.45) is 0 Å². The van der Waals surface area contributed by atoms with E-state index in [4.69, 9.17) is 0 Å². The first kappa shape index (κ1) is 17.9. The lowest BCUT2D eigenvalue weighted by molar-refractivity contribution is -0.123. The van der Waals surface area contributed by atoms with Gasteiger partial charge in [-0.1, -0.05) is 6.07 Å². The molecule has 3 aromatic rings. The molecular weight excluding hydrogens is 360 g/mol. The van der Waals surface area contributed by atoms with Gasteiger partial charge < -0.3 is 5.32 Å². The van der Waals surface area contributed by atoms with Crippen molar-refractivity contribution in [3.8, 4) is 10.6 Å². The molecule has 26 heavy (non-hydrogen) atoms. The monoisotopic (exact) mass is 375 g/mol. The summed E-state index contributed by atoms with van der Waals surface area (Å²) in [4.78, 5) is 25.8. The molecule has 0 aliphatic carbocycles. The Kier molecular flexibility index (Phi) is 4.69. The van der Waals surface area contributed by atoms with Crippen LogP contribution in [0.15, 0.2) is 52.6 Å². The summed E-state index contributed by atoms with van der Waals surface area (Å²) < 4.78 is 27.4. The lowest BCUT2D eigenvalue weighted by atomic mass is 10.0. The first-order valence-corrected chi connectivity index (χ1v) is 8.58. The third-order valence-electron chi connectivity index (χ3n) is 3.84. The highest BCUT2D eigenvalue weighted by atomic mass is 32.1. The Bertz CT molecular complexity index is 1010. The SMILES string of the molecule is CC(C)(C(=O)Nc1ccc(F)c(F)c1)n1nc(-c2cccs2)ccc1=O. The molecule has 0 fully saturated rings. The molecular formula is C18H15F2N3O2S. The molecule has 1 N–H and O–H groups in total. The van der Waals surface area contributed by atoms with Gasteiger partial charge in [-0.3, -0.25) is 9.59 Å². The fourth-order valence-electron chi connectivity index (χ4n) is 2.32. The van der Waals surface area contributed by atoms with Crippen molar-refractivity contribution in [1.29, 1.82) is 0 Å². The fraction of sp³-hybridized carbons (Fsp3) is 0.167. The maximum Gasteiger partial charge on any atom is 0.267 e. The first-order chi connectivity index (χ1) is 12.3. The number of benzene rings is 1. The normalized spacial score (nSPS) is 11.4. The van der Waals surface area contributed by atoms with Gasteiger partial charge in [-0.2, -0.15) is 5.10 Å². The Labute approximate surface area is 151 Å². The summed E-state index contributed by atoms with van der Waals surface area (Å²) in [5.74, 6) is -2.67. The van der Waals surface area contributed by atoms with Gasteiger partial charge in [0.1, 0.15) is 11.2 Å². The van der Waals surface area contributed by atoms with Crippen LogP contribution in [0.4, 0.5) is 14.5 Å². The van der Waals surface area contributed by atoms with E-state index in [1.807, 2.05) is 17.5 Å². The number of thiophene rings is 1. The number of anilines is 1. The van der Waals surface area contributed by atoms with E-state index < -0.39 is 28.6 Å². The molecule has 0 aliphatic heterocycles. The third-order valence-corrected chi connectivity index (χ3v) is 4.73. The standard InChI is InChI=1S/C18H15F2N3O2S/c1-18(2,17(25)21-11-5-6-12(19)13(20)10-11)23-16(24)8-7-14(22-23)15-4-3-9-26-15/h3-10H,1-2H3,(H,21,25). The van der Waals surface area contributed by atoms with Crippen LogP contribution in [0.5, 0.6) is 0 Å². The molecule has 0 radical (unpaired) electrons. The minimum Gasteiger partial charge on any atom is -0.324 e. The molecule has 0 atom stereocenters. The maximum absolute atomic E-state index is 13.3. The summed E-state index contributed by atoms with van der Waals surface area (Å²) in [5.41, 5.74) is -1.15. The number of nitrogens with one attached hydrogen (secondary N) is 1. The molecule has 5 nitrogen and oxygen atoms in total. The number of aromatic nitrogens is 2. The molecule has 0 saturated heterocycles. The smallest absolute Gasteiger partial charge is 0.267 e. The van der Waals surface area contributed by atoms with Crippen LogP contribution < -0.4 is 10.9 Å². The summed E-state index contributed by atoms with van der Waals surface area (Å²) in [5, 5.41) is 8.67. The molecule has 8 heteroatoms. The minimum absolute atomic E-state index is 0.0874. The predicted molar refractivity (Wildman–Crippen MR) is 96.1 cm³/mol. The topological polar surface area (TPSA) is 64.0 Å². The van der Waals surface area contributed by atoms with Crippen LogP contribution in [0.2, 0.25) is 0 Å². The highest BCUT2D eigenvalue weighted by Gasteiger charge is 2.32. The van der Waals surface area contributed by atoms with Crippen molar-refractivity contribution >= 4 is 22.9 Å². The van der Waals surface area contributed by atoms with Crippen molar-refractivity contribution in [2.75, 3.05) is 5.32 Å². The summed E-state index contributed by atoms with van der Waals surface area (Å²) >= 11 is 1.46. The molecule has 134 valence electrons. The first-order valence-electron chi connectivity index (χ1n) is 7.70. The molecule has 2 aromatic heterocycles. The predicted octanol–water partition coefficient (Wildman–Crippen LogP) is 3.62. The number of halogens is 2. The van der Waals surface area contributed by atoms with E-state index in [1.165, 1.54) is 37.3 Å². The van der Waals surface area contributed by atoms with Gasteiger partial charge in [-0.25, -0.2) is 13.5 Å². The maximum atomic E-state index is 13.3. The van der Waals surface area contributed by atoms with Crippen molar-refractivity contribution in [1.82, 2.24) is 9.78 Å². The Morgan fingerprint density at radius 2 is 1.92 bits per heavy atom. The zero-order chi connectivity index (χ0) is 18.9. The number of amides is 1.